The van der Waals surface area contributed by atoms with Gasteiger partial charge >= 0.3 is 5.97 Å². The number of rotatable bonds is 4. The molecule has 0 spiro atoms. The van der Waals surface area contributed by atoms with Gasteiger partial charge in [0.25, 0.3) is 0 Å². The Hall–Kier alpha value is -2.33. The van der Waals surface area contributed by atoms with Gasteiger partial charge in [-0.3, -0.25) is 0 Å². The van der Waals surface area contributed by atoms with Crippen LogP contribution in [0.25, 0.3) is 11.1 Å². The third kappa shape index (κ3) is 3.22. The van der Waals surface area contributed by atoms with Crippen LogP contribution >= 0.6 is 0 Å². The number of ether oxygens (including phenoxy) is 2. The van der Waals surface area contributed by atoms with Crippen LogP contribution in [-0.2, 0) is 14.3 Å². The van der Waals surface area contributed by atoms with Crippen LogP contribution in [-0.4, -0.2) is 38.9 Å². The lowest BCUT2D eigenvalue weighted by Crippen LogP contribution is -2.36. The summed E-state index contributed by atoms with van der Waals surface area (Å²) in [6, 6.07) is 18.2. The van der Waals surface area contributed by atoms with Crippen molar-refractivity contribution in [3.05, 3.63) is 54.6 Å². The SMILES string of the molecule is COC(=O)C1CC(OC)CN1c1ccc(-c2ccccc2)cc1. The molecule has 2 unspecified atom stereocenters. The van der Waals surface area contributed by atoms with E-state index in [1.54, 1.807) is 7.11 Å². The molecule has 0 aromatic heterocycles. The molecule has 1 heterocycles. The summed E-state index contributed by atoms with van der Waals surface area (Å²) in [5, 5.41) is 0. The number of esters is 1. The van der Waals surface area contributed by atoms with E-state index in [9.17, 15) is 4.79 Å². The van der Waals surface area contributed by atoms with Crippen LogP contribution < -0.4 is 4.90 Å². The predicted molar refractivity (Wildman–Crippen MR) is 90.4 cm³/mol. The summed E-state index contributed by atoms with van der Waals surface area (Å²) in [5.74, 6) is -0.211. The number of nitrogens with zero attached hydrogens (tertiary/aromatic N) is 1. The van der Waals surface area contributed by atoms with E-state index in [0.29, 0.717) is 13.0 Å². The van der Waals surface area contributed by atoms with Gasteiger partial charge in [-0.1, -0.05) is 42.5 Å². The Labute approximate surface area is 136 Å². The van der Waals surface area contributed by atoms with Gasteiger partial charge in [0, 0.05) is 25.8 Å². The number of hydrogen-bond acceptors (Lipinski definition) is 4. The van der Waals surface area contributed by atoms with E-state index in [0.717, 1.165) is 11.3 Å². The van der Waals surface area contributed by atoms with E-state index in [2.05, 4.69) is 41.3 Å². The van der Waals surface area contributed by atoms with E-state index < -0.39 is 0 Å². The van der Waals surface area contributed by atoms with Crippen molar-refractivity contribution < 1.29 is 14.3 Å². The zero-order chi connectivity index (χ0) is 16.2. The average molecular weight is 311 g/mol. The van der Waals surface area contributed by atoms with Crippen LogP contribution in [0, 0.1) is 0 Å². The fourth-order valence-corrected chi connectivity index (χ4v) is 3.09. The highest BCUT2D eigenvalue weighted by Gasteiger charge is 2.37. The molecule has 120 valence electrons. The van der Waals surface area contributed by atoms with Crippen molar-refractivity contribution in [2.45, 2.75) is 18.6 Å². The monoisotopic (exact) mass is 311 g/mol. The van der Waals surface area contributed by atoms with Crippen molar-refractivity contribution >= 4 is 11.7 Å². The Kier molecular flexibility index (Phi) is 4.63. The first-order valence-electron chi connectivity index (χ1n) is 7.75. The number of benzene rings is 2. The Bertz CT molecular complexity index is 654. The van der Waals surface area contributed by atoms with E-state index in [1.807, 2.05) is 18.2 Å². The Morgan fingerprint density at radius 1 is 1.00 bits per heavy atom. The van der Waals surface area contributed by atoms with Gasteiger partial charge in [0.05, 0.1) is 13.2 Å². The normalized spacial score (nSPS) is 20.5. The second-order valence-electron chi connectivity index (χ2n) is 5.70. The first-order valence-corrected chi connectivity index (χ1v) is 7.75. The molecule has 2 aromatic rings. The highest BCUT2D eigenvalue weighted by atomic mass is 16.5. The van der Waals surface area contributed by atoms with Gasteiger partial charge in [0.15, 0.2) is 0 Å². The molecule has 4 heteroatoms. The molecule has 0 amide bonds. The zero-order valence-electron chi connectivity index (χ0n) is 13.4. The average Bonchev–Trinajstić information content (AvgIpc) is 3.06. The number of hydrogen-bond donors (Lipinski definition) is 0. The number of carbonyl (C=O) groups excluding carboxylic acids is 1. The van der Waals surface area contributed by atoms with Gasteiger partial charge in [-0.05, 0) is 23.3 Å². The van der Waals surface area contributed by atoms with Crippen molar-refractivity contribution in [2.24, 2.45) is 0 Å². The van der Waals surface area contributed by atoms with E-state index in [-0.39, 0.29) is 18.1 Å². The maximum atomic E-state index is 12.0. The molecular formula is C19H21NO3. The summed E-state index contributed by atoms with van der Waals surface area (Å²) in [5.41, 5.74) is 3.35. The first kappa shape index (κ1) is 15.6. The second-order valence-corrected chi connectivity index (χ2v) is 5.70. The smallest absolute Gasteiger partial charge is 0.328 e. The third-order valence-corrected chi connectivity index (χ3v) is 4.38. The van der Waals surface area contributed by atoms with E-state index in [1.165, 1.54) is 12.7 Å². The predicted octanol–water partition coefficient (Wildman–Crippen LogP) is 3.12. The zero-order valence-corrected chi connectivity index (χ0v) is 13.4. The van der Waals surface area contributed by atoms with E-state index in [4.69, 9.17) is 9.47 Å². The molecule has 0 aliphatic carbocycles. The van der Waals surface area contributed by atoms with Gasteiger partial charge < -0.3 is 14.4 Å². The second kappa shape index (κ2) is 6.84. The number of carbonyl (C=O) groups is 1. The molecule has 4 nitrogen and oxygen atoms in total. The summed E-state index contributed by atoms with van der Waals surface area (Å²) < 4.78 is 10.4. The lowest BCUT2D eigenvalue weighted by molar-refractivity contribution is -0.142. The first-order chi connectivity index (χ1) is 11.2. The fraction of sp³-hybridized carbons (Fsp3) is 0.316. The summed E-state index contributed by atoms with van der Waals surface area (Å²) in [6.45, 7) is 0.695. The molecule has 0 N–H and O–H groups in total. The summed E-state index contributed by atoms with van der Waals surface area (Å²) in [6.07, 6.45) is 0.705. The summed E-state index contributed by atoms with van der Waals surface area (Å²) in [7, 11) is 3.11. The van der Waals surface area contributed by atoms with Gasteiger partial charge in [-0.2, -0.15) is 0 Å². The molecule has 0 bridgehead atoms. The molecule has 1 saturated heterocycles. The van der Waals surface area contributed by atoms with Crippen molar-refractivity contribution in [1.82, 2.24) is 0 Å². The Morgan fingerprint density at radius 3 is 2.26 bits per heavy atom. The molecule has 3 rings (SSSR count). The molecule has 1 fully saturated rings. The van der Waals surface area contributed by atoms with Gasteiger partial charge in [-0.25, -0.2) is 4.79 Å². The van der Waals surface area contributed by atoms with Crippen LogP contribution in [0.15, 0.2) is 54.6 Å². The van der Waals surface area contributed by atoms with Crippen molar-refractivity contribution in [1.29, 1.82) is 0 Å². The minimum atomic E-state index is -0.285. The minimum absolute atomic E-state index is 0.0490. The lowest BCUT2D eigenvalue weighted by Gasteiger charge is -2.24. The molecule has 2 aromatic carbocycles. The van der Waals surface area contributed by atoms with Crippen LogP contribution in [0.3, 0.4) is 0 Å². The van der Waals surface area contributed by atoms with Crippen LogP contribution in [0.2, 0.25) is 0 Å². The Morgan fingerprint density at radius 2 is 1.65 bits per heavy atom. The highest BCUT2D eigenvalue weighted by molar-refractivity contribution is 5.81. The maximum absolute atomic E-state index is 12.0. The highest BCUT2D eigenvalue weighted by Crippen LogP contribution is 2.30. The van der Waals surface area contributed by atoms with Crippen molar-refractivity contribution in [2.75, 3.05) is 25.7 Å². The van der Waals surface area contributed by atoms with Gasteiger partial charge in [0.1, 0.15) is 6.04 Å². The molecule has 1 aliphatic heterocycles. The van der Waals surface area contributed by atoms with Gasteiger partial charge in [-0.15, -0.1) is 0 Å². The van der Waals surface area contributed by atoms with Crippen LogP contribution in [0.5, 0.6) is 0 Å². The van der Waals surface area contributed by atoms with Crippen LogP contribution in [0.4, 0.5) is 5.69 Å². The standard InChI is InChI=1S/C19H21NO3/c1-22-17-12-18(19(21)23-2)20(13-17)16-10-8-15(9-11-16)14-6-4-3-5-7-14/h3-11,17-18H,12-13H2,1-2H3. The van der Waals surface area contributed by atoms with Crippen molar-refractivity contribution in [3.8, 4) is 11.1 Å². The molecular weight excluding hydrogens is 290 g/mol. The van der Waals surface area contributed by atoms with Gasteiger partial charge in [0.2, 0.25) is 0 Å². The molecule has 0 saturated carbocycles. The summed E-state index contributed by atoms with van der Waals surface area (Å²) >= 11 is 0. The maximum Gasteiger partial charge on any atom is 0.328 e. The quantitative estimate of drug-likeness (QED) is 0.813. The third-order valence-electron chi connectivity index (χ3n) is 4.38. The van der Waals surface area contributed by atoms with Crippen LogP contribution in [0.1, 0.15) is 6.42 Å². The number of anilines is 1. The topological polar surface area (TPSA) is 38.8 Å². The molecule has 1 aliphatic rings. The van der Waals surface area contributed by atoms with Crippen molar-refractivity contribution in [3.63, 3.8) is 0 Å². The minimum Gasteiger partial charge on any atom is -0.467 e. The lowest BCUT2D eigenvalue weighted by atomic mass is 10.1. The number of methoxy groups -OCH3 is 2. The molecule has 2 atom stereocenters. The summed E-state index contributed by atoms with van der Waals surface area (Å²) in [4.78, 5) is 14.1. The largest absolute Gasteiger partial charge is 0.467 e. The van der Waals surface area contributed by atoms with E-state index >= 15 is 0 Å². The fourth-order valence-electron chi connectivity index (χ4n) is 3.09. The Balaban J connectivity index is 1.84. The molecule has 23 heavy (non-hydrogen) atoms. The molecule has 0 radical (unpaired) electrons.